The number of likely N-dealkylation sites (tertiary alicyclic amines) is 1. The molecule has 1 unspecified atom stereocenters. The molecule has 46 heavy (non-hydrogen) atoms. The lowest BCUT2D eigenvalue weighted by Gasteiger charge is -2.25. The molecule has 2 aromatic heterocycles. The van der Waals surface area contributed by atoms with Crippen LogP contribution >= 0.6 is 0 Å². The minimum Gasteiger partial charge on any atom is -0.401 e. The zero-order valence-corrected chi connectivity index (χ0v) is 26.8. The molecule has 1 fully saturated rings. The third kappa shape index (κ3) is 6.88. The zero-order valence-electron chi connectivity index (χ0n) is 26.8. The standard InChI is InChI=1S/C36H42N8O2/c1-43(2)18-6-9-33(45)37-29-15-11-25-7-5-8-27-22-32(39-40-34(27)31(25)23-29)35-41-42-36(46-35)38-28-14-10-24-12-16-30(17-13-26(24)21-28)44-19-3-4-20-44/h6,9-11,14-15,21-23,30H,3-5,7-8,12-13,16-20H2,1-2H3,(H,37,45)(H,38,42)/b9-6+. The van der Waals surface area contributed by atoms with Crippen molar-refractivity contribution in [2.24, 2.45) is 0 Å². The average molecular weight is 619 g/mol. The van der Waals surface area contributed by atoms with Gasteiger partial charge in [-0.15, -0.1) is 15.3 Å². The maximum atomic E-state index is 12.5. The predicted octanol–water partition coefficient (Wildman–Crippen LogP) is 5.83. The zero-order chi connectivity index (χ0) is 31.5. The van der Waals surface area contributed by atoms with Gasteiger partial charge < -0.3 is 24.9 Å². The molecule has 0 radical (unpaired) electrons. The number of likely N-dealkylation sites (N-methyl/N-ethyl adjacent to an activating group) is 1. The molecule has 0 spiro atoms. The first-order chi connectivity index (χ1) is 22.5. The van der Waals surface area contributed by atoms with Crippen molar-refractivity contribution in [2.75, 3.05) is 44.4 Å². The summed E-state index contributed by atoms with van der Waals surface area (Å²) >= 11 is 0. The Morgan fingerprint density at radius 3 is 2.50 bits per heavy atom. The molecule has 3 aliphatic rings. The van der Waals surface area contributed by atoms with E-state index in [2.05, 4.69) is 60.2 Å². The first kappa shape index (κ1) is 30.3. The second-order valence-corrected chi connectivity index (χ2v) is 13.0. The van der Waals surface area contributed by atoms with Crippen LogP contribution in [0.15, 0.2) is 59.0 Å². The van der Waals surface area contributed by atoms with Crippen molar-refractivity contribution < 1.29 is 9.21 Å². The number of nitrogens with zero attached hydrogens (tertiary/aromatic N) is 6. The Balaban J connectivity index is 1.05. The lowest BCUT2D eigenvalue weighted by Crippen LogP contribution is -2.32. The summed E-state index contributed by atoms with van der Waals surface area (Å²) in [6, 6.07) is 15.6. The molecule has 10 nitrogen and oxygen atoms in total. The van der Waals surface area contributed by atoms with Gasteiger partial charge >= 0.3 is 6.01 Å². The Hall–Kier alpha value is -4.41. The summed E-state index contributed by atoms with van der Waals surface area (Å²) in [6.07, 6.45) is 13.5. The Morgan fingerprint density at radius 2 is 1.65 bits per heavy atom. The number of aryl methyl sites for hydroxylation is 4. The molecule has 1 atom stereocenters. The molecule has 2 aromatic carbocycles. The van der Waals surface area contributed by atoms with Gasteiger partial charge in [0.05, 0.1) is 5.69 Å². The molecule has 0 bridgehead atoms. The number of benzene rings is 2. The van der Waals surface area contributed by atoms with Crippen LogP contribution in [0.1, 0.15) is 54.4 Å². The molecule has 10 heteroatoms. The highest BCUT2D eigenvalue weighted by Crippen LogP contribution is 2.35. The van der Waals surface area contributed by atoms with Gasteiger partial charge in [-0.3, -0.25) is 4.79 Å². The van der Waals surface area contributed by atoms with Crippen LogP contribution < -0.4 is 10.6 Å². The molecule has 1 saturated heterocycles. The minimum absolute atomic E-state index is 0.157. The van der Waals surface area contributed by atoms with Crippen molar-refractivity contribution >= 4 is 23.3 Å². The summed E-state index contributed by atoms with van der Waals surface area (Å²) in [5.74, 6) is 0.172. The van der Waals surface area contributed by atoms with Gasteiger partial charge in [0.1, 0.15) is 0 Å². The molecule has 2 N–H and O–H groups in total. The van der Waals surface area contributed by atoms with E-state index in [9.17, 15) is 4.79 Å². The fourth-order valence-electron chi connectivity index (χ4n) is 7.01. The van der Waals surface area contributed by atoms with Gasteiger partial charge in [0.15, 0.2) is 5.69 Å². The fraction of sp³-hybridized carbons (Fsp3) is 0.417. The quantitative estimate of drug-likeness (QED) is 0.186. The van der Waals surface area contributed by atoms with Crippen molar-refractivity contribution in [3.63, 3.8) is 0 Å². The van der Waals surface area contributed by atoms with E-state index in [-0.39, 0.29) is 5.91 Å². The van der Waals surface area contributed by atoms with Crippen LogP contribution in [0, 0.1) is 0 Å². The van der Waals surface area contributed by atoms with E-state index in [1.807, 2.05) is 43.3 Å². The molecule has 238 valence electrons. The SMILES string of the molecule is CN(C)C/C=C/C(=O)Nc1ccc2c(c1)-c1nnc(-c3nnc(Nc4ccc5c(c4)CCC(N4CCCC4)CC5)o3)cc1CCC2. The number of carbonyl (C=O) groups is 1. The van der Waals surface area contributed by atoms with E-state index in [1.165, 1.54) is 55.5 Å². The van der Waals surface area contributed by atoms with E-state index in [1.54, 1.807) is 6.08 Å². The highest BCUT2D eigenvalue weighted by atomic mass is 16.4. The summed E-state index contributed by atoms with van der Waals surface area (Å²) < 4.78 is 6.03. The number of nitrogens with one attached hydrogen (secondary N) is 2. The van der Waals surface area contributed by atoms with Crippen LogP contribution in [0.25, 0.3) is 22.8 Å². The Morgan fingerprint density at radius 1 is 0.870 bits per heavy atom. The van der Waals surface area contributed by atoms with Crippen molar-refractivity contribution in [1.29, 1.82) is 0 Å². The third-order valence-corrected chi connectivity index (χ3v) is 9.39. The molecular weight excluding hydrogens is 576 g/mol. The molecule has 0 saturated carbocycles. The first-order valence-electron chi connectivity index (χ1n) is 16.6. The second kappa shape index (κ2) is 13.5. The number of fused-ring (bicyclic) bond motifs is 4. The van der Waals surface area contributed by atoms with Gasteiger partial charge in [0, 0.05) is 35.6 Å². The largest absolute Gasteiger partial charge is 0.401 e. The molecule has 1 amide bonds. The molecule has 1 aliphatic heterocycles. The van der Waals surface area contributed by atoms with E-state index < -0.39 is 0 Å². The first-order valence-corrected chi connectivity index (χ1v) is 16.6. The lowest BCUT2D eigenvalue weighted by atomic mass is 10.0. The minimum atomic E-state index is -0.157. The number of carbonyl (C=O) groups excluding carboxylic acids is 1. The number of rotatable bonds is 8. The maximum Gasteiger partial charge on any atom is 0.320 e. The lowest BCUT2D eigenvalue weighted by molar-refractivity contribution is -0.111. The summed E-state index contributed by atoms with van der Waals surface area (Å²) in [6.45, 7) is 3.21. The van der Waals surface area contributed by atoms with Crippen LogP contribution in [0.2, 0.25) is 0 Å². The van der Waals surface area contributed by atoms with E-state index in [4.69, 9.17) is 4.42 Å². The van der Waals surface area contributed by atoms with Crippen molar-refractivity contribution in [2.45, 2.75) is 63.8 Å². The smallest absolute Gasteiger partial charge is 0.320 e. The van der Waals surface area contributed by atoms with Gasteiger partial charge in [0.25, 0.3) is 5.89 Å². The number of amides is 1. The Bertz CT molecular complexity index is 1740. The number of hydrogen-bond acceptors (Lipinski definition) is 9. The van der Waals surface area contributed by atoms with Gasteiger partial charge in [-0.1, -0.05) is 23.3 Å². The van der Waals surface area contributed by atoms with Crippen molar-refractivity contribution in [3.8, 4) is 22.8 Å². The Kier molecular flexibility index (Phi) is 8.89. The summed E-state index contributed by atoms with van der Waals surface area (Å²) in [5.41, 5.74) is 9.17. The summed E-state index contributed by atoms with van der Waals surface area (Å²) in [4.78, 5) is 17.1. The van der Waals surface area contributed by atoms with Crippen LogP contribution in [-0.2, 0) is 30.5 Å². The van der Waals surface area contributed by atoms with Crippen LogP contribution in [0.3, 0.4) is 0 Å². The Labute approximate surface area is 270 Å². The van der Waals surface area contributed by atoms with Gasteiger partial charge in [0.2, 0.25) is 5.91 Å². The molecular formula is C36H42N8O2. The number of anilines is 3. The average Bonchev–Trinajstić information content (AvgIpc) is 3.67. The van der Waals surface area contributed by atoms with Crippen molar-refractivity contribution in [3.05, 3.63) is 76.9 Å². The van der Waals surface area contributed by atoms with E-state index >= 15 is 0 Å². The predicted molar refractivity (Wildman–Crippen MR) is 180 cm³/mol. The van der Waals surface area contributed by atoms with Crippen LogP contribution in [0.5, 0.6) is 0 Å². The van der Waals surface area contributed by atoms with Gasteiger partial charge in [-0.2, -0.15) is 0 Å². The number of hydrogen-bond donors (Lipinski definition) is 2. The highest BCUT2D eigenvalue weighted by molar-refractivity contribution is 5.99. The van der Waals surface area contributed by atoms with Gasteiger partial charge in [-0.05, 0) is 138 Å². The van der Waals surface area contributed by atoms with Gasteiger partial charge in [-0.25, -0.2) is 0 Å². The van der Waals surface area contributed by atoms with E-state index in [0.29, 0.717) is 30.2 Å². The molecule has 4 aromatic rings. The normalized spacial score (nSPS) is 18.1. The third-order valence-electron chi connectivity index (χ3n) is 9.39. The molecule has 2 aliphatic carbocycles. The number of aromatic nitrogens is 4. The van der Waals surface area contributed by atoms with Crippen LogP contribution in [0.4, 0.5) is 17.4 Å². The van der Waals surface area contributed by atoms with E-state index in [0.717, 1.165) is 60.3 Å². The van der Waals surface area contributed by atoms with Crippen LogP contribution in [-0.4, -0.2) is 75.9 Å². The maximum absolute atomic E-state index is 12.5. The molecule has 3 heterocycles. The fourth-order valence-corrected chi connectivity index (χ4v) is 7.01. The topological polar surface area (TPSA) is 112 Å². The van der Waals surface area contributed by atoms with Crippen molar-refractivity contribution in [1.82, 2.24) is 30.2 Å². The molecule has 7 rings (SSSR count). The summed E-state index contributed by atoms with van der Waals surface area (Å²) in [5, 5.41) is 24.0. The highest BCUT2D eigenvalue weighted by Gasteiger charge is 2.25. The monoisotopic (exact) mass is 618 g/mol. The summed E-state index contributed by atoms with van der Waals surface area (Å²) in [7, 11) is 3.93. The second-order valence-electron chi connectivity index (χ2n) is 13.0.